The maximum Gasteiger partial charge on any atom is 0.231 e. The van der Waals surface area contributed by atoms with Crippen LogP contribution in [0.1, 0.15) is 17.2 Å². The number of thioether (sulfide) groups is 1. The lowest BCUT2D eigenvalue weighted by Gasteiger charge is -2.20. The maximum absolute atomic E-state index is 12.9. The van der Waals surface area contributed by atoms with Crippen LogP contribution in [0.2, 0.25) is 0 Å². The van der Waals surface area contributed by atoms with E-state index in [-0.39, 0.29) is 17.7 Å². The highest BCUT2D eigenvalue weighted by Gasteiger charge is 2.18. The molecule has 0 spiro atoms. The number of carbonyl (C=O) groups is 1. The average Bonchev–Trinajstić information content (AvgIpc) is 3.36. The molecule has 0 atom stereocenters. The quantitative estimate of drug-likeness (QED) is 0.376. The molecule has 168 valence electrons. The fraction of sp³-hybridized carbons (Fsp3) is 0.160. The van der Waals surface area contributed by atoms with Crippen molar-refractivity contribution in [2.75, 3.05) is 20.0 Å². The van der Waals surface area contributed by atoms with Crippen LogP contribution in [0.25, 0.3) is 5.69 Å². The van der Waals surface area contributed by atoms with Crippen molar-refractivity contribution in [1.82, 2.24) is 20.1 Å². The highest BCUT2D eigenvalue weighted by molar-refractivity contribution is 7.99. The van der Waals surface area contributed by atoms with Crippen molar-refractivity contribution in [3.8, 4) is 17.2 Å². The lowest BCUT2D eigenvalue weighted by atomic mass is 9.98. The summed E-state index contributed by atoms with van der Waals surface area (Å²) >= 11 is 1.29. The summed E-state index contributed by atoms with van der Waals surface area (Å²) in [6.45, 7) is 0. The number of benzene rings is 3. The van der Waals surface area contributed by atoms with Gasteiger partial charge in [-0.1, -0.05) is 54.2 Å². The van der Waals surface area contributed by atoms with Gasteiger partial charge in [-0.3, -0.25) is 4.79 Å². The van der Waals surface area contributed by atoms with Crippen molar-refractivity contribution >= 4 is 17.7 Å². The molecule has 0 aliphatic carbocycles. The predicted molar refractivity (Wildman–Crippen MR) is 128 cm³/mol. The van der Waals surface area contributed by atoms with E-state index in [1.54, 1.807) is 25.2 Å². The molecule has 0 saturated carbocycles. The van der Waals surface area contributed by atoms with Crippen LogP contribution in [-0.2, 0) is 4.79 Å². The number of para-hydroxylation sites is 1. The highest BCUT2D eigenvalue weighted by Crippen LogP contribution is 2.26. The van der Waals surface area contributed by atoms with Crippen LogP contribution in [0.3, 0.4) is 0 Å². The Kier molecular flexibility index (Phi) is 7.26. The first-order chi connectivity index (χ1) is 16.2. The van der Waals surface area contributed by atoms with Gasteiger partial charge in [0.05, 0.1) is 31.7 Å². The second-order valence-electron chi connectivity index (χ2n) is 7.14. The fourth-order valence-electron chi connectivity index (χ4n) is 3.30. The van der Waals surface area contributed by atoms with Crippen molar-refractivity contribution in [2.45, 2.75) is 11.2 Å². The normalized spacial score (nSPS) is 10.8. The Labute approximate surface area is 196 Å². The van der Waals surface area contributed by atoms with E-state index in [4.69, 9.17) is 9.47 Å². The summed E-state index contributed by atoms with van der Waals surface area (Å²) in [5, 5.41) is 8.12. The first kappa shape index (κ1) is 22.4. The molecule has 0 radical (unpaired) electrons. The molecule has 33 heavy (non-hydrogen) atoms. The summed E-state index contributed by atoms with van der Waals surface area (Å²) in [6.07, 6.45) is 1.65. The SMILES string of the molecule is COc1ccc(C(NC(=O)CSc2ncn(-c3ccccc3)n2)c2ccc(OC)cc2)cc1. The molecular weight excluding hydrogens is 436 g/mol. The molecular formula is C25H24N4O3S. The molecule has 0 saturated heterocycles. The number of amides is 1. The number of carbonyl (C=O) groups excluding carboxylic acids is 1. The monoisotopic (exact) mass is 460 g/mol. The summed E-state index contributed by atoms with van der Waals surface area (Å²) in [6, 6.07) is 24.7. The van der Waals surface area contributed by atoms with Gasteiger partial charge in [0, 0.05) is 0 Å². The summed E-state index contributed by atoms with van der Waals surface area (Å²) < 4.78 is 12.2. The fourth-order valence-corrected chi connectivity index (χ4v) is 3.91. The molecule has 0 bridgehead atoms. The lowest BCUT2D eigenvalue weighted by molar-refractivity contribution is -0.119. The zero-order valence-electron chi connectivity index (χ0n) is 18.3. The number of hydrogen-bond donors (Lipinski definition) is 1. The smallest absolute Gasteiger partial charge is 0.231 e. The molecule has 0 unspecified atom stereocenters. The largest absolute Gasteiger partial charge is 0.497 e. The third-order valence-corrected chi connectivity index (χ3v) is 5.88. The van der Waals surface area contributed by atoms with Gasteiger partial charge >= 0.3 is 0 Å². The Hall–Kier alpha value is -3.78. The van der Waals surface area contributed by atoms with Gasteiger partial charge in [-0.2, -0.15) is 0 Å². The number of ether oxygens (including phenoxy) is 2. The molecule has 1 heterocycles. The number of nitrogens with one attached hydrogen (secondary N) is 1. The molecule has 1 aromatic heterocycles. The van der Waals surface area contributed by atoms with E-state index in [0.717, 1.165) is 28.3 Å². The second-order valence-corrected chi connectivity index (χ2v) is 8.09. The van der Waals surface area contributed by atoms with E-state index >= 15 is 0 Å². The number of hydrogen-bond acceptors (Lipinski definition) is 6. The van der Waals surface area contributed by atoms with E-state index in [1.165, 1.54) is 11.8 Å². The minimum Gasteiger partial charge on any atom is -0.497 e. The van der Waals surface area contributed by atoms with Crippen molar-refractivity contribution in [3.05, 3.63) is 96.3 Å². The first-order valence-corrected chi connectivity index (χ1v) is 11.3. The zero-order chi connectivity index (χ0) is 23.0. The van der Waals surface area contributed by atoms with Gasteiger partial charge in [-0.15, -0.1) is 5.10 Å². The van der Waals surface area contributed by atoms with Crippen molar-refractivity contribution in [2.24, 2.45) is 0 Å². The third kappa shape index (κ3) is 5.72. The summed E-state index contributed by atoms with van der Waals surface area (Å²) in [4.78, 5) is 17.2. The Morgan fingerprint density at radius 2 is 1.48 bits per heavy atom. The van der Waals surface area contributed by atoms with Crippen molar-refractivity contribution < 1.29 is 14.3 Å². The zero-order valence-corrected chi connectivity index (χ0v) is 19.2. The van der Waals surface area contributed by atoms with Crippen LogP contribution in [-0.4, -0.2) is 40.6 Å². The molecule has 4 aromatic rings. The van der Waals surface area contributed by atoms with Crippen molar-refractivity contribution in [3.63, 3.8) is 0 Å². The standard InChI is InChI=1S/C25H24N4O3S/c1-31-21-12-8-18(9-13-21)24(19-10-14-22(32-2)15-11-19)27-23(30)16-33-25-26-17-29(28-25)20-6-4-3-5-7-20/h3-15,17,24H,16H2,1-2H3,(H,27,30). The van der Waals surface area contributed by atoms with Crippen LogP contribution >= 0.6 is 11.8 Å². The third-order valence-electron chi connectivity index (χ3n) is 5.03. The summed E-state index contributed by atoms with van der Waals surface area (Å²) in [7, 11) is 3.25. The van der Waals surface area contributed by atoms with Crippen LogP contribution < -0.4 is 14.8 Å². The number of rotatable bonds is 9. The van der Waals surface area contributed by atoms with E-state index in [1.807, 2.05) is 78.9 Å². The van der Waals surface area contributed by atoms with E-state index in [0.29, 0.717) is 5.16 Å². The van der Waals surface area contributed by atoms with E-state index < -0.39 is 0 Å². The Morgan fingerprint density at radius 3 is 2.03 bits per heavy atom. The summed E-state index contributed by atoms with van der Waals surface area (Å²) in [5.41, 5.74) is 2.82. The number of nitrogens with zero attached hydrogens (tertiary/aromatic N) is 3. The van der Waals surface area contributed by atoms with Gasteiger partial charge in [0.25, 0.3) is 0 Å². The molecule has 4 rings (SSSR count). The molecule has 3 aromatic carbocycles. The molecule has 0 aliphatic heterocycles. The van der Waals surface area contributed by atoms with Crippen LogP contribution in [0.5, 0.6) is 11.5 Å². The topological polar surface area (TPSA) is 78.3 Å². The van der Waals surface area contributed by atoms with Gasteiger partial charge in [-0.25, -0.2) is 9.67 Å². The van der Waals surface area contributed by atoms with Crippen LogP contribution in [0, 0.1) is 0 Å². The number of methoxy groups -OCH3 is 2. The molecule has 1 N–H and O–H groups in total. The second kappa shape index (κ2) is 10.7. The van der Waals surface area contributed by atoms with Gasteiger partial charge in [0.15, 0.2) is 0 Å². The summed E-state index contributed by atoms with van der Waals surface area (Å²) in [5.74, 6) is 1.60. The van der Waals surface area contributed by atoms with Gasteiger partial charge in [-0.05, 0) is 47.5 Å². The molecule has 7 nitrogen and oxygen atoms in total. The van der Waals surface area contributed by atoms with Gasteiger partial charge in [0.2, 0.25) is 11.1 Å². The minimum absolute atomic E-state index is 0.118. The molecule has 0 aliphatic rings. The predicted octanol–water partition coefficient (Wildman–Crippen LogP) is 4.28. The first-order valence-electron chi connectivity index (χ1n) is 10.3. The Morgan fingerprint density at radius 1 is 0.909 bits per heavy atom. The van der Waals surface area contributed by atoms with E-state index in [2.05, 4.69) is 15.4 Å². The van der Waals surface area contributed by atoms with Gasteiger partial charge < -0.3 is 14.8 Å². The van der Waals surface area contributed by atoms with Crippen molar-refractivity contribution in [1.29, 1.82) is 0 Å². The molecule has 0 fully saturated rings. The average molecular weight is 461 g/mol. The Bertz CT molecular complexity index is 1130. The highest BCUT2D eigenvalue weighted by atomic mass is 32.2. The Balaban J connectivity index is 1.46. The number of aromatic nitrogens is 3. The minimum atomic E-state index is -0.315. The van der Waals surface area contributed by atoms with Gasteiger partial charge in [0.1, 0.15) is 17.8 Å². The molecule has 1 amide bonds. The lowest BCUT2D eigenvalue weighted by Crippen LogP contribution is -2.30. The van der Waals surface area contributed by atoms with E-state index in [9.17, 15) is 4.79 Å². The molecule has 8 heteroatoms. The van der Waals surface area contributed by atoms with Crippen LogP contribution in [0.15, 0.2) is 90.3 Å². The maximum atomic E-state index is 12.9. The van der Waals surface area contributed by atoms with Crippen LogP contribution in [0.4, 0.5) is 0 Å².